The van der Waals surface area contributed by atoms with Crippen molar-refractivity contribution in [3.63, 3.8) is 0 Å². The first-order chi connectivity index (χ1) is 11.2. The fourth-order valence-electron chi connectivity index (χ4n) is 2.34. The Labute approximate surface area is 136 Å². The fraction of sp³-hybridized carbons (Fsp3) is 0.500. The number of rotatable bonds is 7. The molecular formula is C16H24N4O3. The Kier molecular flexibility index (Phi) is 6.99. The molecule has 1 aromatic rings. The quantitative estimate of drug-likeness (QED) is 0.653. The van der Waals surface area contributed by atoms with E-state index in [1.54, 1.807) is 0 Å². The number of benzene rings is 1. The Morgan fingerprint density at radius 1 is 1.22 bits per heavy atom. The lowest BCUT2D eigenvalue weighted by Gasteiger charge is -2.26. The van der Waals surface area contributed by atoms with Crippen LogP contribution in [0, 0.1) is 0 Å². The van der Waals surface area contributed by atoms with E-state index in [1.807, 2.05) is 24.3 Å². The van der Waals surface area contributed by atoms with E-state index in [0.717, 1.165) is 44.1 Å². The van der Waals surface area contributed by atoms with Crippen molar-refractivity contribution in [2.24, 2.45) is 5.73 Å². The van der Waals surface area contributed by atoms with Crippen LogP contribution in [-0.2, 0) is 20.9 Å². The highest BCUT2D eigenvalue weighted by Gasteiger charge is 2.12. The topological polar surface area (TPSA) is 96.7 Å². The first-order valence-electron chi connectivity index (χ1n) is 7.83. The Balaban J connectivity index is 1.77. The minimum absolute atomic E-state index is 0.0142. The van der Waals surface area contributed by atoms with Gasteiger partial charge in [-0.3, -0.25) is 14.5 Å². The van der Waals surface area contributed by atoms with Gasteiger partial charge in [-0.05, 0) is 17.7 Å². The molecule has 0 aliphatic carbocycles. The number of ether oxygens (including phenoxy) is 1. The van der Waals surface area contributed by atoms with Gasteiger partial charge in [0.15, 0.2) is 0 Å². The predicted molar refractivity (Wildman–Crippen MR) is 87.8 cm³/mol. The van der Waals surface area contributed by atoms with Gasteiger partial charge in [0.2, 0.25) is 11.8 Å². The summed E-state index contributed by atoms with van der Waals surface area (Å²) in [5, 5.41) is 5.59. The van der Waals surface area contributed by atoms with Gasteiger partial charge in [0, 0.05) is 38.3 Å². The molecule has 0 unspecified atom stereocenters. The van der Waals surface area contributed by atoms with Gasteiger partial charge in [0.1, 0.15) is 0 Å². The lowest BCUT2D eigenvalue weighted by atomic mass is 10.2. The zero-order valence-corrected chi connectivity index (χ0v) is 13.2. The van der Waals surface area contributed by atoms with Crippen LogP contribution < -0.4 is 16.4 Å². The molecule has 1 saturated heterocycles. The number of anilines is 1. The molecule has 2 amide bonds. The number of carbonyl (C=O) groups excluding carboxylic acids is 2. The van der Waals surface area contributed by atoms with E-state index in [1.165, 1.54) is 0 Å². The highest BCUT2D eigenvalue weighted by molar-refractivity contribution is 5.90. The van der Waals surface area contributed by atoms with E-state index in [-0.39, 0.29) is 18.4 Å². The monoisotopic (exact) mass is 320 g/mol. The van der Waals surface area contributed by atoms with Crippen molar-refractivity contribution in [2.45, 2.75) is 13.0 Å². The number of hydrogen-bond acceptors (Lipinski definition) is 5. The van der Waals surface area contributed by atoms with Crippen LogP contribution in [0.15, 0.2) is 24.3 Å². The molecule has 0 spiro atoms. The van der Waals surface area contributed by atoms with Crippen LogP contribution in [0.25, 0.3) is 0 Å². The second-order valence-corrected chi connectivity index (χ2v) is 5.43. The molecule has 7 heteroatoms. The molecule has 23 heavy (non-hydrogen) atoms. The van der Waals surface area contributed by atoms with E-state index in [4.69, 9.17) is 10.5 Å². The van der Waals surface area contributed by atoms with Crippen molar-refractivity contribution in [2.75, 3.05) is 44.7 Å². The maximum atomic E-state index is 12.0. The molecule has 126 valence electrons. The summed E-state index contributed by atoms with van der Waals surface area (Å²) < 4.78 is 5.28. The van der Waals surface area contributed by atoms with Crippen molar-refractivity contribution in [3.8, 4) is 0 Å². The van der Waals surface area contributed by atoms with Crippen molar-refractivity contribution in [1.29, 1.82) is 0 Å². The fourth-order valence-corrected chi connectivity index (χ4v) is 2.34. The maximum Gasteiger partial charge on any atom is 0.234 e. The van der Waals surface area contributed by atoms with Crippen LogP contribution >= 0.6 is 0 Å². The van der Waals surface area contributed by atoms with Crippen LogP contribution in [0.3, 0.4) is 0 Å². The number of hydrogen-bond donors (Lipinski definition) is 3. The summed E-state index contributed by atoms with van der Waals surface area (Å²) in [7, 11) is 0. The van der Waals surface area contributed by atoms with Gasteiger partial charge >= 0.3 is 0 Å². The van der Waals surface area contributed by atoms with Gasteiger partial charge in [-0.2, -0.15) is 0 Å². The highest BCUT2D eigenvalue weighted by atomic mass is 16.5. The molecule has 7 nitrogen and oxygen atoms in total. The van der Waals surface area contributed by atoms with E-state index in [2.05, 4.69) is 15.5 Å². The van der Waals surface area contributed by atoms with Crippen molar-refractivity contribution in [1.82, 2.24) is 10.2 Å². The Hall–Kier alpha value is -1.96. The van der Waals surface area contributed by atoms with E-state index < -0.39 is 0 Å². The minimum atomic E-state index is -0.204. The molecule has 1 fully saturated rings. The largest absolute Gasteiger partial charge is 0.379 e. The van der Waals surface area contributed by atoms with E-state index in [0.29, 0.717) is 13.0 Å². The molecule has 2 rings (SSSR count). The average Bonchev–Trinajstić information content (AvgIpc) is 2.59. The number of nitrogens with zero attached hydrogens (tertiary/aromatic N) is 1. The van der Waals surface area contributed by atoms with Gasteiger partial charge in [-0.15, -0.1) is 0 Å². The van der Waals surface area contributed by atoms with Crippen LogP contribution in [0.2, 0.25) is 0 Å². The first kappa shape index (κ1) is 17.4. The molecule has 1 aliphatic heterocycles. The summed E-state index contributed by atoms with van der Waals surface area (Å²) in [6, 6.07) is 7.42. The lowest BCUT2D eigenvalue weighted by Crippen LogP contribution is -2.38. The number of amides is 2. The third-order valence-corrected chi connectivity index (χ3v) is 3.64. The lowest BCUT2D eigenvalue weighted by molar-refractivity contribution is -0.120. The second kappa shape index (κ2) is 9.24. The highest BCUT2D eigenvalue weighted by Crippen LogP contribution is 2.11. The second-order valence-electron chi connectivity index (χ2n) is 5.43. The molecule has 0 aromatic heterocycles. The van der Waals surface area contributed by atoms with Crippen molar-refractivity contribution < 1.29 is 14.3 Å². The summed E-state index contributed by atoms with van der Waals surface area (Å²) in [6.45, 7) is 4.33. The molecular weight excluding hydrogens is 296 g/mol. The summed E-state index contributed by atoms with van der Waals surface area (Å²) >= 11 is 0. The molecule has 1 heterocycles. The van der Waals surface area contributed by atoms with Crippen LogP contribution in [0.4, 0.5) is 5.69 Å². The number of morpholine rings is 1. The third kappa shape index (κ3) is 6.35. The van der Waals surface area contributed by atoms with Crippen LogP contribution in [0.1, 0.15) is 12.0 Å². The van der Waals surface area contributed by atoms with Gasteiger partial charge < -0.3 is 21.1 Å². The van der Waals surface area contributed by atoms with Gasteiger partial charge in [0.05, 0.1) is 19.8 Å². The summed E-state index contributed by atoms with van der Waals surface area (Å²) in [6.07, 6.45) is 0.453. The molecule has 1 aromatic carbocycles. The molecule has 0 radical (unpaired) electrons. The standard InChI is InChI=1S/C16H24N4O3/c17-11-16(22)18-12-13-2-1-3-14(10-13)19-15(21)4-5-20-6-8-23-9-7-20/h1-3,10H,4-9,11-12,17H2,(H,18,22)(H,19,21). The maximum absolute atomic E-state index is 12.0. The zero-order chi connectivity index (χ0) is 16.5. The normalized spacial score (nSPS) is 15.2. The van der Waals surface area contributed by atoms with Gasteiger partial charge in [0.25, 0.3) is 0 Å². The van der Waals surface area contributed by atoms with Crippen LogP contribution in [-0.4, -0.2) is 56.1 Å². The summed E-state index contributed by atoms with van der Waals surface area (Å²) in [5.74, 6) is -0.218. The molecule has 0 atom stereocenters. The molecule has 0 saturated carbocycles. The Bertz CT molecular complexity index is 530. The van der Waals surface area contributed by atoms with Crippen molar-refractivity contribution in [3.05, 3.63) is 29.8 Å². The molecule has 0 bridgehead atoms. The minimum Gasteiger partial charge on any atom is -0.379 e. The number of nitrogens with two attached hydrogens (primary N) is 1. The first-order valence-corrected chi connectivity index (χ1v) is 7.83. The SMILES string of the molecule is NCC(=O)NCc1cccc(NC(=O)CCN2CCOCC2)c1. The van der Waals surface area contributed by atoms with Gasteiger partial charge in [-0.25, -0.2) is 0 Å². The zero-order valence-electron chi connectivity index (χ0n) is 13.2. The Morgan fingerprint density at radius 3 is 2.74 bits per heavy atom. The molecule has 1 aliphatic rings. The van der Waals surface area contributed by atoms with Gasteiger partial charge in [-0.1, -0.05) is 12.1 Å². The van der Waals surface area contributed by atoms with Crippen LogP contribution in [0.5, 0.6) is 0 Å². The number of nitrogens with one attached hydrogen (secondary N) is 2. The summed E-state index contributed by atoms with van der Waals surface area (Å²) in [5.41, 5.74) is 6.89. The average molecular weight is 320 g/mol. The molecule has 4 N–H and O–H groups in total. The summed E-state index contributed by atoms with van der Waals surface area (Å²) in [4.78, 5) is 25.4. The number of carbonyl (C=O) groups is 2. The van der Waals surface area contributed by atoms with E-state index >= 15 is 0 Å². The van der Waals surface area contributed by atoms with Crippen molar-refractivity contribution >= 4 is 17.5 Å². The third-order valence-electron chi connectivity index (χ3n) is 3.64. The predicted octanol–water partition coefficient (Wildman–Crippen LogP) is -0.0777. The Morgan fingerprint density at radius 2 is 2.00 bits per heavy atom. The van der Waals surface area contributed by atoms with E-state index in [9.17, 15) is 9.59 Å². The smallest absolute Gasteiger partial charge is 0.234 e.